The summed E-state index contributed by atoms with van der Waals surface area (Å²) in [5.41, 5.74) is 1.23. The van der Waals surface area contributed by atoms with Gasteiger partial charge in [0.2, 0.25) is 0 Å². The molecule has 2 heteroatoms. The van der Waals surface area contributed by atoms with Crippen LogP contribution in [-0.2, 0) is 6.54 Å². The molecule has 0 fully saturated rings. The molecule has 0 heterocycles. The maximum atomic E-state index is 5.75. The second kappa shape index (κ2) is 7.30. The van der Waals surface area contributed by atoms with Crippen LogP contribution in [0.5, 0.6) is 5.75 Å². The van der Waals surface area contributed by atoms with Gasteiger partial charge in [0, 0.05) is 12.1 Å². The van der Waals surface area contributed by atoms with Gasteiger partial charge in [0.25, 0.3) is 0 Å². The van der Waals surface area contributed by atoms with Gasteiger partial charge in [-0.15, -0.1) is 0 Å². The van der Waals surface area contributed by atoms with Crippen LogP contribution >= 0.6 is 0 Å². The van der Waals surface area contributed by atoms with Crippen LogP contribution in [0.25, 0.3) is 0 Å². The van der Waals surface area contributed by atoms with Crippen molar-refractivity contribution in [3.63, 3.8) is 0 Å². The Morgan fingerprint density at radius 1 is 1.20 bits per heavy atom. The standard InChI is InChI=1S/C13H21NO/c1-3-4-7-10-15-13-9-6-5-8-12(13)11-14-2/h5-6,8-9,14H,3-4,7,10-11H2,1-2H3. The van der Waals surface area contributed by atoms with E-state index in [2.05, 4.69) is 18.3 Å². The highest BCUT2D eigenvalue weighted by Gasteiger charge is 2.00. The molecule has 0 spiro atoms. The molecule has 0 saturated heterocycles. The first kappa shape index (κ1) is 12.1. The predicted octanol–water partition coefficient (Wildman–Crippen LogP) is 2.98. The summed E-state index contributed by atoms with van der Waals surface area (Å²) in [6.45, 7) is 3.90. The van der Waals surface area contributed by atoms with E-state index in [0.29, 0.717) is 0 Å². The Morgan fingerprint density at radius 3 is 2.73 bits per heavy atom. The summed E-state index contributed by atoms with van der Waals surface area (Å²) < 4.78 is 5.75. The minimum Gasteiger partial charge on any atom is -0.493 e. The third-order valence-electron chi connectivity index (χ3n) is 2.35. The molecule has 1 aromatic carbocycles. The van der Waals surface area contributed by atoms with Gasteiger partial charge in [0.1, 0.15) is 5.75 Å². The summed E-state index contributed by atoms with van der Waals surface area (Å²) in [5, 5.41) is 3.15. The van der Waals surface area contributed by atoms with Crippen molar-refractivity contribution in [2.24, 2.45) is 0 Å². The van der Waals surface area contributed by atoms with Gasteiger partial charge in [-0.05, 0) is 19.5 Å². The van der Waals surface area contributed by atoms with Crippen LogP contribution in [0, 0.1) is 0 Å². The zero-order valence-corrected chi connectivity index (χ0v) is 9.75. The maximum absolute atomic E-state index is 5.75. The van der Waals surface area contributed by atoms with E-state index in [-0.39, 0.29) is 0 Å². The molecule has 0 unspecified atom stereocenters. The van der Waals surface area contributed by atoms with Crippen molar-refractivity contribution in [1.82, 2.24) is 5.32 Å². The van der Waals surface area contributed by atoms with Crippen molar-refractivity contribution in [1.29, 1.82) is 0 Å². The molecule has 0 aliphatic rings. The van der Waals surface area contributed by atoms with Gasteiger partial charge in [-0.25, -0.2) is 0 Å². The summed E-state index contributed by atoms with van der Waals surface area (Å²) >= 11 is 0. The lowest BCUT2D eigenvalue weighted by Crippen LogP contribution is -2.07. The zero-order valence-electron chi connectivity index (χ0n) is 9.75. The molecule has 84 valence electrons. The van der Waals surface area contributed by atoms with Gasteiger partial charge in [0.05, 0.1) is 6.61 Å². The molecule has 1 aromatic rings. The van der Waals surface area contributed by atoms with Crippen molar-refractivity contribution in [2.75, 3.05) is 13.7 Å². The number of para-hydroxylation sites is 1. The number of hydrogen-bond acceptors (Lipinski definition) is 2. The third-order valence-corrected chi connectivity index (χ3v) is 2.35. The fraction of sp³-hybridized carbons (Fsp3) is 0.538. The lowest BCUT2D eigenvalue weighted by molar-refractivity contribution is 0.303. The first-order valence-electron chi connectivity index (χ1n) is 5.73. The fourth-order valence-electron chi connectivity index (χ4n) is 1.52. The Balaban J connectivity index is 2.44. The van der Waals surface area contributed by atoms with Crippen molar-refractivity contribution in [3.05, 3.63) is 29.8 Å². The summed E-state index contributed by atoms with van der Waals surface area (Å²) in [6, 6.07) is 8.21. The van der Waals surface area contributed by atoms with Crippen LogP contribution < -0.4 is 10.1 Å². The summed E-state index contributed by atoms with van der Waals surface area (Å²) in [6.07, 6.45) is 3.63. The van der Waals surface area contributed by atoms with Crippen molar-refractivity contribution >= 4 is 0 Å². The topological polar surface area (TPSA) is 21.3 Å². The molecule has 1 N–H and O–H groups in total. The van der Waals surface area contributed by atoms with E-state index in [1.165, 1.54) is 18.4 Å². The number of unbranched alkanes of at least 4 members (excludes halogenated alkanes) is 2. The third kappa shape index (κ3) is 4.34. The lowest BCUT2D eigenvalue weighted by Gasteiger charge is -2.10. The smallest absolute Gasteiger partial charge is 0.123 e. The summed E-state index contributed by atoms with van der Waals surface area (Å²) in [5.74, 6) is 1.02. The van der Waals surface area contributed by atoms with Gasteiger partial charge >= 0.3 is 0 Å². The van der Waals surface area contributed by atoms with Gasteiger partial charge in [0.15, 0.2) is 0 Å². The van der Waals surface area contributed by atoms with Crippen molar-refractivity contribution in [2.45, 2.75) is 32.7 Å². The van der Waals surface area contributed by atoms with Gasteiger partial charge < -0.3 is 10.1 Å². The second-order valence-corrected chi connectivity index (χ2v) is 3.69. The van der Waals surface area contributed by atoms with E-state index >= 15 is 0 Å². The average Bonchev–Trinajstić information content (AvgIpc) is 2.27. The highest BCUT2D eigenvalue weighted by Crippen LogP contribution is 2.17. The molecule has 1 rings (SSSR count). The minimum absolute atomic E-state index is 0.828. The number of hydrogen-bond donors (Lipinski definition) is 1. The molecule has 15 heavy (non-hydrogen) atoms. The van der Waals surface area contributed by atoms with Gasteiger partial charge in [-0.3, -0.25) is 0 Å². The molecule has 0 aromatic heterocycles. The molecule has 0 atom stereocenters. The fourth-order valence-corrected chi connectivity index (χ4v) is 1.52. The monoisotopic (exact) mass is 207 g/mol. The van der Waals surface area contributed by atoms with E-state index in [0.717, 1.165) is 25.3 Å². The maximum Gasteiger partial charge on any atom is 0.123 e. The first-order chi connectivity index (χ1) is 7.38. The van der Waals surface area contributed by atoms with E-state index in [4.69, 9.17) is 4.74 Å². The normalized spacial score (nSPS) is 10.3. The van der Waals surface area contributed by atoms with Crippen molar-refractivity contribution in [3.8, 4) is 5.75 Å². The Labute approximate surface area is 92.6 Å². The van der Waals surface area contributed by atoms with Crippen LogP contribution in [0.4, 0.5) is 0 Å². The highest BCUT2D eigenvalue weighted by atomic mass is 16.5. The van der Waals surface area contributed by atoms with E-state index < -0.39 is 0 Å². The molecule has 0 bridgehead atoms. The molecule has 0 saturated carbocycles. The number of nitrogens with one attached hydrogen (secondary N) is 1. The van der Waals surface area contributed by atoms with Crippen LogP contribution in [0.1, 0.15) is 31.7 Å². The quantitative estimate of drug-likeness (QED) is 0.694. The second-order valence-electron chi connectivity index (χ2n) is 3.69. The summed E-state index contributed by atoms with van der Waals surface area (Å²) in [7, 11) is 1.95. The molecule has 0 aliphatic heterocycles. The van der Waals surface area contributed by atoms with Crippen LogP contribution in [0.3, 0.4) is 0 Å². The largest absolute Gasteiger partial charge is 0.493 e. The molecule has 0 amide bonds. The Hall–Kier alpha value is -1.02. The molecule has 2 nitrogen and oxygen atoms in total. The molecule has 0 radical (unpaired) electrons. The van der Waals surface area contributed by atoms with Crippen LogP contribution in [-0.4, -0.2) is 13.7 Å². The number of ether oxygens (including phenoxy) is 1. The summed E-state index contributed by atoms with van der Waals surface area (Å²) in [4.78, 5) is 0. The van der Waals surface area contributed by atoms with Crippen molar-refractivity contribution < 1.29 is 4.74 Å². The van der Waals surface area contributed by atoms with E-state index in [1.807, 2.05) is 25.2 Å². The Bertz CT molecular complexity index is 273. The Morgan fingerprint density at radius 2 is 2.00 bits per heavy atom. The predicted molar refractivity (Wildman–Crippen MR) is 64.2 cm³/mol. The van der Waals surface area contributed by atoms with E-state index in [1.54, 1.807) is 0 Å². The first-order valence-corrected chi connectivity index (χ1v) is 5.73. The molecular weight excluding hydrogens is 186 g/mol. The van der Waals surface area contributed by atoms with Gasteiger partial charge in [-0.1, -0.05) is 38.0 Å². The minimum atomic E-state index is 0.828. The molecule has 0 aliphatic carbocycles. The number of rotatable bonds is 7. The zero-order chi connectivity index (χ0) is 10.9. The highest BCUT2D eigenvalue weighted by molar-refractivity contribution is 5.33. The Kier molecular flexibility index (Phi) is 5.86. The molecular formula is C13H21NO. The number of benzene rings is 1. The van der Waals surface area contributed by atoms with E-state index in [9.17, 15) is 0 Å². The average molecular weight is 207 g/mol. The van der Waals surface area contributed by atoms with Crippen LogP contribution in [0.2, 0.25) is 0 Å². The van der Waals surface area contributed by atoms with Crippen LogP contribution in [0.15, 0.2) is 24.3 Å². The lowest BCUT2D eigenvalue weighted by atomic mass is 10.2. The SMILES string of the molecule is CCCCCOc1ccccc1CNC. The van der Waals surface area contributed by atoms with Gasteiger partial charge in [-0.2, -0.15) is 0 Å².